The van der Waals surface area contributed by atoms with Crippen LogP contribution in [0.15, 0.2) is 30.1 Å². The number of hydrogen-bond acceptors (Lipinski definition) is 7. The maximum atomic E-state index is 14.3. The number of piperidine rings is 1. The summed E-state index contributed by atoms with van der Waals surface area (Å²) < 4.78 is 19.7. The van der Waals surface area contributed by atoms with Crippen LogP contribution < -0.4 is 4.90 Å². The number of cyclic esters (lactones) is 1. The number of nitrogens with zero attached hydrogens (tertiary/aromatic N) is 1. The van der Waals surface area contributed by atoms with Crippen LogP contribution in [0, 0.1) is 5.92 Å². The van der Waals surface area contributed by atoms with Gasteiger partial charge in [0.05, 0.1) is 6.10 Å². The molecule has 8 heteroatoms. The SMILES string of the molecule is CC1OC(=O)c2c(O)cc(N3CCCCC3)cc2/C=C/CC(O)C(O)C(=O)/C(F)=C\[C@H]1C. The van der Waals surface area contributed by atoms with E-state index in [4.69, 9.17) is 4.74 Å². The fraction of sp³-hybridized carbons (Fsp3) is 0.500. The monoisotopic (exact) mass is 447 g/mol. The summed E-state index contributed by atoms with van der Waals surface area (Å²) in [4.78, 5) is 27.1. The van der Waals surface area contributed by atoms with Crippen LogP contribution in [-0.2, 0) is 9.53 Å². The van der Waals surface area contributed by atoms with Gasteiger partial charge >= 0.3 is 5.97 Å². The highest BCUT2D eigenvalue weighted by Crippen LogP contribution is 2.33. The summed E-state index contributed by atoms with van der Waals surface area (Å²) in [6, 6.07) is 3.30. The van der Waals surface area contributed by atoms with Gasteiger partial charge < -0.3 is 25.0 Å². The number of carbonyl (C=O) groups is 2. The molecule has 2 heterocycles. The first-order chi connectivity index (χ1) is 15.2. The third-order valence-corrected chi connectivity index (χ3v) is 6.04. The number of aromatic hydroxyl groups is 1. The lowest BCUT2D eigenvalue weighted by Gasteiger charge is -2.29. The molecule has 0 aliphatic carbocycles. The lowest BCUT2D eigenvalue weighted by molar-refractivity contribution is -0.130. The number of esters is 1. The topological polar surface area (TPSA) is 107 Å². The predicted octanol–water partition coefficient (Wildman–Crippen LogP) is 3.13. The van der Waals surface area contributed by atoms with Gasteiger partial charge in [0, 0.05) is 30.8 Å². The smallest absolute Gasteiger partial charge is 0.342 e. The van der Waals surface area contributed by atoms with Crippen molar-refractivity contribution < 1.29 is 34.0 Å². The minimum atomic E-state index is -1.92. The molecule has 0 spiro atoms. The molecule has 3 unspecified atom stereocenters. The Hall–Kier alpha value is -2.71. The Labute approximate surface area is 186 Å². The van der Waals surface area contributed by atoms with Crippen LogP contribution >= 0.6 is 0 Å². The van der Waals surface area contributed by atoms with E-state index >= 15 is 0 Å². The number of phenols is 1. The molecule has 174 valence electrons. The van der Waals surface area contributed by atoms with Crippen LogP contribution in [0.25, 0.3) is 6.08 Å². The van der Waals surface area contributed by atoms with Gasteiger partial charge in [-0.25, -0.2) is 9.18 Å². The summed E-state index contributed by atoms with van der Waals surface area (Å²) in [6.45, 7) is 4.78. The number of rotatable bonds is 1. The van der Waals surface area contributed by atoms with Gasteiger partial charge in [-0.3, -0.25) is 4.79 Å². The van der Waals surface area contributed by atoms with Crippen LogP contribution in [0.1, 0.15) is 55.5 Å². The van der Waals surface area contributed by atoms with Crippen LogP contribution in [-0.4, -0.2) is 58.5 Å². The van der Waals surface area contributed by atoms with Crippen LogP contribution in [0.3, 0.4) is 0 Å². The second kappa shape index (κ2) is 10.3. The highest BCUT2D eigenvalue weighted by Gasteiger charge is 2.29. The second-order valence-electron chi connectivity index (χ2n) is 8.48. The lowest BCUT2D eigenvalue weighted by Crippen LogP contribution is -2.34. The van der Waals surface area contributed by atoms with Crippen molar-refractivity contribution in [1.82, 2.24) is 0 Å². The van der Waals surface area contributed by atoms with Crippen molar-refractivity contribution >= 4 is 23.5 Å². The van der Waals surface area contributed by atoms with Crippen molar-refractivity contribution in [2.24, 2.45) is 5.92 Å². The average Bonchev–Trinajstić information content (AvgIpc) is 2.77. The average molecular weight is 448 g/mol. The number of fused-ring (bicyclic) bond motifs is 1. The quantitative estimate of drug-likeness (QED) is 0.568. The minimum Gasteiger partial charge on any atom is -0.507 e. The molecule has 0 radical (unpaired) electrons. The number of benzene rings is 1. The number of halogens is 1. The van der Waals surface area contributed by atoms with E-state index < -0.39 is 41.8 Å². The fourth-order valence-electron chi connectivity index (χ4n) is 3.88. The van der Waals surface area contributed by atoms with E-state index in [1.54, 1.807) is 19.9 Å². The zero-order chi connectivity index (χ0) is 23.4. The number of aliphatic hydroxyl groups excluding tert-OH is 2. The molecule has 2 aliphatic heterocycles. The van der Waals surface area contributed by atoms with Crippen molar-refractivity contribution in [3.05, 3.63) is 41.2 Å². The molecular weight excluding hydrogens is 417 g/mol. The summed E-state index contributed by atoms with van der Waals surface area (Å²) in [5, 5.41) is 30.9. The summed E-state index contributed by atoms with van der Waals surface area (Å²) in [5.41, 5.74) is 1.12. The van der Waals surface area contributed by atoms with E-state index in [1.807, 2.05) is 0 Å². The second-order valence-corrected chi connectivity index (χ2v) is 8.48. The van der Waals surface area contributed by atoms with Crippen LogP contribution in [0.5, 0.6) is 5.75 Å². The zero-order valence-electron chi connectivity index (χ0n) is 18.3. The van der Waals surface area contributed by atoms with E-state index in [2.05, 4.69) is 4.90 Å². The maximum absolute atomic E-state index is 14.3. The summed E-state index contributed by atoms with van der Waals surface area (Å²) >= 11 is 0. The van der Waals surface area contributed by atoms with Gasteiger partial charge in [-0.1, -0.05) is 19.1 Å². The normalized spacial score (nSPS) is 30.5. The van der Waals surface area contributed by atoms with Gasteiger partial charge in [-0.05, 0) is 50.3 Å². The highest BCUT2D eigenvalue weighted by molar-refractivity contribution is 5.98. The van der Waals surface area contributed by atoms with Gasteiger partial charge in [0.25, 0.3) is 0 Å². The Kier molecular flexibility index (Phi) is 7.69. The van der Waals surface area contributed by atoms with Gasteiger partial charge in [-0.2, -0.15) is 0 Å². The summed E-state index contributed by atoms with van der Waals surface area (Å²) in [6.07, 6.45) is 2.74. The van der Waals surface area contributed by atoms with E-state index in [0.717, 1.165) is 44.1 Å². The molecule has 1 aromatic carbocycles. The number of carbonyl (C=O) groups excluding carboxylic acids is 2. The standard InChI is InChI=1S/C24H30FNO6/c1-14-11-18(25)22(29)23(30)19(27)8-6-7-16-12-17(26-9-4-3-5-10-26)13-20(28)21(16)24(31)32-15(14)2/h6-7,11-15,19,23,27-28,30H,3-5,8-10H2,1-2H3/b7-6+,18-11+/t14-,15?,19?,23?/m1/s1. The summed E-state index contributed by atoms with van der Waals surface area (Å²) in [5.74, 6) is -4.13. The summed E-state index contributed by atoms with van der Waals surface area (Å²) in [7, 11) is 0. The van der Waals surface area contributed by atoms with Gasteiger partial charge in [0.2, 0.25) is 5.78 Å². The van der Waals surface area contributed by atoms with Gasteiger partial charge in [-0.15, -0.1) is 0 Å². The molecule has 1 aromatic rings. The number of Topliss-reactive ketones (excluding diaryl/α,β-unsaturated/α-hetero) is 1. The van der Waals surface area contributed by atoms with E-state index in [1.165, 1.54) is 18.2 Å². The predicted molar refractivity (Wildman–Crippen MR) is 118 cm³/mol. The number of hydrogen-bond donors (Lipinski definition) is 3. The number of anilines is 1. The molecule has 3 N–H and O–H groups in total. The fourth-order valence-corrected chi connectivity index (χ4v) is 3.88. The molecule has 0 saturated carbocycles. The van der Waals surface area contributed by atoms with Crippen molar-refractivity contribution in [1.29, 1.82) is 0 Å². The van der Waals surface area contributed by atoms with E-state index in [0.29, 0.717) is 5.56 Å². The molecule has 0 amide bonds. The van der Waals surface area contributed by atoms with Crippen molar-refractivity contribution in [2.45, 2.75) is 57.8 Å². The molecule has 0 bridgehead atoms. The Morgan fingerprint density at radius 2 is 1.78 bits per heavy atom. The molecule has 4 atom stereocenters. The first kappa shape index (κ1) is 23.9. The van der Waals surface area contributed by atoms with Crippen LogP contribution in [0.4, 0.5) is 10.1 Å². The Balaban J connectivity index is 2.03. The van der Waals surface area contributed by atoms with Crippen molar-refractivity contribution in [2.75, 3.05) is 18.0 Å². The number of ether oxygens (including phenoxy) is 1. The number of phenolic OH excluding ortho intramolecular Hbond substituents is 1. The lowest BCUT2D eigenvalue weighted by atomic mass is 9.98. The molecule has 0 aromatic heterocycles. The van der Waals surface area contributed by atoms with Gasteiger partial charge in [0.1, 0.15) is 23.5 Å². The highest BCUT2D eigenvalue weighted by atomic mass is 19.1. The molecule has 1 fully saturated rings. The first-order valence-electron chi connectivity index (χ1n) is 11.0. The van der Waals surface area contributed by atoms with Crippen molar-refractivity contribution in [3.63, 3.8) is 0 Å². The third-order valence-electron chi connectivity index (χ3n) is 6.04. The number of aliphatic hydroxyl groups is 2. The third kappa shape index (κ3) is 5.37. The number of ketones is 1. The first-order valence-corrected chi connectivity index (χ1v) is 11.0. The molecule has 3 rings (SSSR count). The minimum absolute atomic E-state index is 0.0336. The maximum Gasteiger partial charge on any atom is 0.342 e. The van der Waals surface area contributed by atoms with Crippen molar-refractivity contribution in [3.8, 4) is 5.75 Å². The largest absolute Gasteiger partial charge is 0.507 e. The Bertz CT molecular complexity index is 921. The van der Waals surface area contributed by atoms with E-state index in [-0.39, 0.29) is 17.7 Å². The Morgan fingerprint density at radius 1 is 1.09 bits per heavy atom. The Morgan fingerprint density at radius 3 is 2.47 bits per heavy atom. The van der Waals surface area contributed by atoms with Gasteiger partial charge in [0.15, 0.2) is 5.83 Å². The molecule has 2 aliphatic rings. The zero-order valence-corrected chi connectivity index (χ0v) is 18.3. The van der Waals surface area contributed by atoms with Crippen LogP contribution in [0.2, 0.25) is 0 Å². The molecular formula is C24H30FNO6. The van der Waals surface area contributed by atoms with E-state index in [9.17, 15) is 29.3 Å². The molecule has 32 heavy (non-hydrogen) atoms. The molecule has 7 nitrogen and oxygen atoms in total. The molecule has 1 saturated heterocycles.